The highest BCUT2D eigenvalue weighted by Crippen LogP contribution is 2.18. The third kappa shape index (κ3) is 18.9. The van der Waals surface area contributed by atoms with E-state index in [1.807, 2.05) is 48.5 Å². The van der Waals surface area contributed by atoms with Gasteiger partial charge in [0.05, 0.1) is 0 Å². The molecule has 0 unspecified atom stereocenters. The van der Waals surface area contributed by atoms with Crippen LogP contribution in [0.1, 0.15) is 47.9 Å². The van der Waals surface area contributed by atoms with Crippen molar-refractivity contribution < 1.29 is 5.48 Å². The molecule has 4 aliphatic rings. The molecule has 0 bridgehead atoms. The number of piperazine rings is 4. The van der Waals surface area contributed by atoms with Crippen molar-refractivity contribution in [3.05, 3.63) is 139 Å². The maximum atomic E-state index is 5.99. The van der Waals surface area contributed by atoms with Crippen molar-refractivity contribution in [1.82, 2.24) is 39.2 Å². The van der Waals surface area contributed by atoms with E-state index in [-0.39, 0.29) is 5.48 Å². The van der Waals surface area contributed by atoms with Crippen LogP contribution in [0.25, 0.3) is 0 Å². The summed E-state index contributed by atoms with van der Waals surface area (Å²) < 4.78 is 0. The van der Waals surface area contributed by atoms with E-state index in [2.05, 4.69) is 87.7 Å². The molecule has 65 heavy (non-hydrogen) atoms. The van der Waals surface area contributed by atoms with E-state index < -0.39 is 0 Å². The van der Waals surface area contributed by atoms with Crippen LogP contribution in [0, 0.1) is 0 Å². The summed E-state index contributed by atoms with van der Waals surface area (Å²) in [6.07, 6.45) is 5.23. The molecule has 0 aliphatic carbocycles. The topological polar surface area (TPSA) is 57.4 Å². The highest BCUT2D eigenvalue weighted by molar-refractivity contribution is 6.31. The van der Waals surface area contributed by atoms with Gasteiger partial charge in [-0.15, -0.1) is 0 Å². The van der Waals surface area contributed by atoms with Crippen LogP contribution in [0.3, 0.4) is 0 Å². The Hall–Kier alpha value is -2.32. The zero-order valence-electron chi connectivity index (χ0n) is 38.6. The largest absolute Gasteiger partial charge is 0.412 e. The molecule has 0 saturated carbocycles. The Balaban J connectivity index is 0.000000212. The van der Waals surface area contributed by atoms with Crippen molar-refractivity contribution in [3.63, 3.8) is 0 Å². The third-order valence-corrected chi connectivity index (χ3v) is 14.5. The Labute approximate surface area is 411 Å². The molecule has 13 heteroatoms. The van der Waals surface area contributed by atoms with Crippen molar-refractivity contribution in [2.75, 3.05) is 131 Å². The molecule has 0 atom stereocenters. The van der Waals surface area contributed by atoms with Gasteiger partial charge in [-0.1, -0.05) is 94.9 Å². The summed E-state index contributed by atoms with van der Waals surface area (Å²) in [5, 5.41) is 3.27. The van der Waals surface area contributed by atoms with Gasteiger partial charge in [0, 0.05) is 151 Å². The monoisotopic (exact) mass is 966 g/mol. The first-order chi connectivity index (χ1) is 31.3. The van der Waals surface area contributed by atoms with Crippen LogP contribution in [-0.4, -0.2) is 176 Å². The average molecular weight is 969 g/mol. The predicted molar refractivity (Wildman–Crippen MR) is 275 cm³/mol. The van der Waals surface area contributed by atoms with Gasteiger partial charge in [-0.25, -0.2) is 0 Å². The minimum absolute atomic E-state index is 0. The smallest absolute Gasteiger partial charge is 0.0406 e. The number of halogens is 4. The van der Waals surface area contributed by atoms with E-state index in [9.17, 15) is 0 Å². The van der Waals surface area contributed by atoms with Crippen LogP contribution in [0.2, 0.25) is 20.1 Å². The maximum Gasteiger partial charge on any atom is 0.0406 e. The van der Waals surface area contributed by atoms with Crippen molar-refractivity contribution >= 4 is 46.4 Å². The maximum absolute atomic E-state index is 5.99. The summed E-state index contributed by atoms with van der Waals surface area (Å²) in [6, 6.07) is 33.1. The van der Waals surface area contributed by atoms with Crippen LogP contribution >= 0.6 is 46.4 Å². The Morgan fingerprint density at radius 3 is 0.569 bits per heavy atom. The highest BCUT2D eigenvalue weighted by Gasteiger charge is 2.21. The fraction of sp³-hybridized carbons (Fsp3) is 0.538. The lowest BCUT2D eigenvalue weighted by Gasteiger charge is -2.36. The number of hydrogen-bond acceptors (Lipinski definition) is 8. The second-order valence-corrected chi connectivity index (χ2v) is 20.1. The fourth-order valence-corrected chi connectivity index (χ4v) is 9.92. The second kappa shape index (κ2) is 28.2. The molecule has 8 rings (SSSR count). The molecular weight excluding hydrogens is 894 g/mol. The van der Waals surface area contributed by atoms with Crippen LogP contribution in [0.15, 0.2) is 97.1 Å². The first-order valence-electron chi connectivity index (χ1n) is 24.0. The Morgan fingerprint density at radius 1 is 0.246 bits per heavy atom. The van der Waals surface area contributed by atoms with Gasteiger partial charge in [-0.05, 0) is 123 Å². The van der Waals surface area contributed by atoms with E-state index in [1.165, 1.54) is 126 Å². The number of rotatable bonds is 18. The first-order valence-corrected chi connectivity index (χ1v) is 25.6. The van der Waals surface area contributed by atoms with E-state index >= 15 is 0 Å². The van der Waals surface area contributed by atoms with Gasteiger partial charge in [0.2, 0.25) is 0 Å². The normalized spacial score (nSPS) is 19.1. The zero-order chi connectivity index (χ0) is 44.4. The van der Waals surface area contributed by atoms with Gasteiger partial charge in [0.25, 0.3) is 0 Å². The van der Waals surface area contributed by atoms with Gasteiger partial charge < -0.3 is 25.1 Å². The molecule has 356 valence electrons. The average Bonchev–Trinajstić information content (AvgIpc) is 3.32. The van der Waals surface area contributed by atoms with Gasteiger partial charge in [0.15, 0.2) is 0 Å². The minimum atomic E-state index is 0. The Bertz CT molecular complexity index is 1600. The highest BCUT2D eigenvalue weighted by atomic mass is 35.5. The first kappa shape index (κ1) is 52.1. The van der Waals surface area contributed by atoms with E-state index in [0.717, 1.165) is 98.6 Å². The minimum Gasteiger partial charge on any atom is -0.412 e. The summed E-state index contributed by atoms with van der Waals surface area (Å²) in [5.41, 5.74) is 5.43. The lowest BCUT2D eigenvalue weighted by atomic mass is 10.2. The van der Waals surface area contributed by atoms with Crippen molar-refractivity contribution in [1.29, 1.82) is 0 Å². The molecular formula is C52H74Cl4N8O. The summed E-state index contributed by atoms with van der Waals surface area (Å²) in [5.74, 6) is 0. The fourth-order valence-electron chi connectivity index (χ4n) is 9.42. The van der Waals surface area contributed by atoms with Crippen LogP contribution in [0.5, 0.6) is 0 Å². The van der Waals surface area contributed by atoms with Crippen molar-refractivity contribution in [2.45, 2.75) is 51.9 Å². The molecule has 4 aromatic carbocycles. The number of nitrogens with zero attached hydrogens (tertiary/aromatic N) is 8. The molecule has 4 fully saturated rings. The van der Waals surface area contributed by atoms with E-state index in [4.69, 9.17) is 46.4 Å². The van der Waals surface area contributed by atoms with Crippen molar-refractivity contribution in [3.8, 4) is 0 Å². The molecule has 0 aromatic heterocycles. The zero-order valence-corrected chi connectivity index (χ0v) is 41.6. The molecule has 4 aromatic rings. The molecule has 0 spiro atoms. The van der Waals surface area contributed by atoms with Gasteiger partial charge in [0.1, 0.15) is 0 Å². The quantitative estimate of drug-likeness (QED) is 0.0921. The summed E-state index contributed by atoms with van der Waals surface area (Å²) >= 11 is 24.0. The Kier molecular flexibility index (Phi) is 22.6. The Morgan fingerprint density at radius 2 is 0.400 bits per heavy atom. The lowest BCUT2D eigenvalue weighted by molar-refractivity contribution is 0.114. The summed E-state index contributed by atoms with van der Waals surface area (Å²) in [7, 11) is 0. The molecule has 4 aliphatic heterocycles. The summed E-state index contributed by atoms with van der Waals surface area (Å²) in [6.45, 7) is 28.0. The summed E-state index contributed by atoms with van der Waals surface area (Å²) in [4.78, 5) is 20.8. The van der Waals surface area contributed by atoms with Crippen LogP contribution < -0.4 is 0 Å². The van der Waals surface area contributed by atoms with Gasteiger partial charge >= 0.3 is 0 Å². The standard InChI is InChI=1S/2C26H36Cl2N4.H2O/c2*27-25-7-3-23(4-8-25)21-31-17-13-29(14-18-31)11-1-2-12-30-15-19-32(20-16-30)22-24-5-9-26(28)10-6-24;/h2*3-10H,1-2,11-22H2;1H2. The second-order valence-electron chi connectivity index (χ2n) is 18.4. The molecule has 0 radical (unpaired) electrons. The number of benzene rings is 4. The lowest BCUT2D eigenvalue weighted by Crippen LogP contribution is -2.47. The molecule has 4 saturated heterocycles. The van der Waals surface area contributed by atoms with Crippen LogP contribution in [-0.2, 0) is 26.2 Å². The van der Waals surface area contributed by atoms with Crippen LogP contribution in [0.4, 0.5) is 0 Å². The van der Waals surface area contributed by atoms with Gasteiger partial charge in [-0.2, -0.15) is 0 Å². The predicted octanol–water partition coefficient (Wildman–Crippen LogP) is 8.59. The molecule has 9 nitrogen and oxygen atoms in total. The molecule has 2 N–H and O–H groups in total. The number of hydrogen-bond donors (Lipinski definition) is 0. The van der Waals surface area contributed by atoms with E-state index in [0.29, 0.717) is 0 Å². The van der Waals surface area contributed by atoms with Gasteiger partial charge in [-0.3, -0.25) is 19.6 Å². The van der Waals surface area contributed by atoms with Crippen molar-refractivity contribution in [2.24, 2.45) is 0 Å². The SMILES string of the molecule is Clc1ccc(CN2CCN(CCCCN3CCN(Cc4ccc(Cl)cc4)CC3)CC2)cc1.Clc1ccc(CN2CCN(CCCCN3CCN(Cc4ccc(Cl)cc4)CC3)CC2)cc1.O. The molecule has 4 heterocycles. The third-order valence-electron chi connectivity index (χ3n) is 13.5. The van der Waals surface area contributed by atoms with E-state index in [1.54, 1.807) is 0 Å². The molecule has 0 amide bonds. The number of unbranched alkanes of at least 4 members (excludes halogenated alkanes) is 2.